The highest BCUT2D eigenvalue weighted by Gasteiger charge is 2.38. The number of carbonyl (C=O) groups is 1. The summed E-state index contributed by atoms with van der Waals surface area (Å²) in [6, 6.07) is 6.10. The maximum Gasteiger partial charge on any atom is 0.328 e. The van der Waals surface area contributed by atoms with Crippen molar-refractivity contribution >= 4 is 22.1 Å². The number of benzene rings is 1. The van der Waals surface area contributed by atoms with Crippen LogP contribution in [0.3, 0.4) is 0 Å². The van der Waals surface area contributed by atoms with Gasteiger partial charge in [-0.25, -0.2) is 17.9 Å². The molecule has 20 heavy (non-hydrogen) atoms. The van der Waals surface area contributed by atoms with Crippen LogP contribution in [0, 0.1) is 5.41 Å². The van der Waals surface area contributed by atoms with Gasteiger partial charge in [-0.1, -0.05) is 19.1 Å². The summed E-state index contributed by atoms with van der Waals surface area (Å²) in [6.07, 6.45) is 4.52. The molecule has 0 atom stereocenters. The maximum absolute atomic E-state index is 12.1. The Kier molecular flexibility index (Phi) is 3.96. The van der Waals surface area contributed by atoms with Crippen molar-refractivity contribution in [3.05, 3.63) is 35.9 Å². The Labute approximate surface area is 118 Å². The Morgan fingerprint density at radius 1 is 1.35 bits per heavy atom. The van der Waals surface area contributed by atoms with Gasteiger partial charge in [0.1, 0.15) is 0 Å². The Morgan fingerprint density at radius 2 is 1.95 bits per heavy atom. The number of carboxylic acid groups (broad SMARTS) is 1. The molecular weight excluding hydrogens is 278 g/mol. The van der Waals surface area contributed by atoms with Crippen molar-refractivity contribution < 1.29 is 18.3 Å². The van der Waals surface area contributed by atoms with Crippen LogP contribution in [0.5, 0.6) is 0 Å². The molecule has 108 valence electrons. The molecule has 0 amide bonds. The van der Waals surface area contributed by atoms with E-state index in [2.05, 4.69) is 11.6 Å². The average molecular weight is 295 g/mol. The van der Waals surface area contributed by atoms with E-state index in [-0.39, 0.29) is 10.3 Å². The Balaban J connectivity index is 2.06. The molecule has 1 aromatic rings. The monoisotopic (exact) mass is 295 g/mol. The SMILES string of the molecule is CC1(CNS(=O)(=O)c2ccc(/C=C/C(=O)O)cc2)CC1. The average Bonchev–Trinajstić information content (AvgIpc) is 3.13. The molecule has 0 heterocycles. The highest BCUT2D eigenvalue weighted by atomic mass is 32.2. The van der Waals surface area contributed by atoms with Crippen LogP contribution in [0.15, 0.2) is 35.2 Å². The number of rotatable bonds is 6. The van der Waals surface area contributed by atoms with Crippen molar-refractivity contribution in [3.8, 4) is 0 Å². The topological polar surface area (TPSA) is 83.5 Å². The fraction of sp³-hybridized carbons (Fsp3) is 0.357. The second-order valence-electron chi connectivity index (χ2n) is 5.38. The third-order valence-electron chi connectivity index (χ3n) is 3.40. The lowest BCUT2D eigenvalue weighted by molar-refractivity contribution is -0.131. The van der Waals surface area contributed by atoms with Gasteiger partial charge in [-0.2, -0.15) is 0 Å². The van der Waals surface area contributed by atoms with Crippen LogP contribution in [0.1, 0.15) is 25.3 Å². The summed E-state index contributed by atoms with van der Waals surface area (Å²) >= 11 is 0. The van der Waals surface area contributed by atoms with Gasteiger partial charge in [0.25, 0.3) is 0 Å². The van der Waals surface area contributed by atoms with Gasteiger partial charge in [0.05, 0.1) is 4.90 Å². The van der Waals surface area contributed by atoms with Gasteiger partial charge in [-0.3, -0.25) is 0 Å². The summed E-state index contributed by atoms with van der Waals surface area (Å²) in [5.74, 6) is -1.04. The Morgan fingerprint density at radius 3 is 2.45 bits per heavy atom. The van der Waals surface area contributed by atoms with Gasteiger partial charge in [-0.05, 0) is 42.0 Å². The summed E-state index contributed by atoms with van der Waals surface area (Å²) in [7, 11) is -3.49. The summed E-state index contributed by atoms with van der Waals surface area (Å²) in [5.41, 5.74) is 0.748. The van der Waals surface area contributed by atoms with E-state index in [1.807, 2.05) is 0 Å². The molecule has 0 aromatic heterocycles. The first kappa shape index (κ1) is 14.7. The molecule has 1 fully saturated rings. The number of hydrogen-bond acceptors (Lipinski definition) is 3. The molecule has 1 aromatic carbocycles. The first-order valence-electron chi connectivity index (χ1n) is 6.32. The zero-order chi connectivity index (χ0) is 14.8. The minimum absolute atomic E-state index is 0.108. The number of sulfonamides is 1. The smallest absolute Gasteiger partial charge is 0.328 e. The van der Waals surface area contributed by atoms with E-state index in [4.69, 9.17) is 5.11 Å². The van der Waals surface area contributed by atoms with Gasteiger partial charge < -0.3 is 5.11 Å². The molecule has 1 saturated carbocycles. The van der Waals surface area contributed by atoms with Gasteiger partial charge in [0.15, 0.2) is 0 Å². The second kappa shape index (κ2) is 5.38. The molecule has 0 unspecified atom stereocenters. The van der Waals surface area contributed by atoms with Crippen LogP contribution in [0.4, 0.5) is 0 Å². The van der Waals surface area contributed by atoms with E-state index in [1.54, 1.807) is 12.1 Å². The van der Waals surface area contributed by atoms with Gasteiger partial charge in [0, 0.05) is 12.6 Å². The van der Waals surface area contributed by atoms with Crippen LogP contribution < -0.4 is 4.72 Å². The summed E-state index contributed by atoms with van der Waals surface area (Å²) in [5, 5.41) is 8.52. The molecule has 6 heteroatoms. The minimum Gasteiger partial charge on any atom is -0.478 e. The van der Waals surface area contributed by atoms with Crippen molar-refractivity contribution in [2.24, 2.45) is 5.41 Å². The van der Waals surface area contributed by atoms with E-state index in [1.165, 1.54) is 18.2 Å². The van der Waals surface area contributed by atoms with Crippen LogP contribution in [-0.2, 0) is 14.8 Å². The number of nitrogens with one attached hydrogen (secondary N) is 1. The highest BCUT2D eigenvalue weighted by Crippen LogP contribution is 2.44. The maximum atomic E-state index is 12.1. The highest BCUT2D eigenvalue weighted by molar-refractivity contribution is 7.89. The van der Waals surface area contributed by atoms with Crippen molar-refractivity contribution in [1.82, 2.24) is 4.72 Å². The van der Waals surface area contributed by atoms with Crippen LogP contribution >= 0.6 is 0 Å². The lowest BCUT2D eigenvalue weighted by Crippen LogP contribution is -2.29. The van der Waals surface area contributed by atoms with Gasteiger partial charge in [0.2, 0.25) is 10.0 Å². The molecule has 2 N–H and O–H groups in total. The molecule has 1 aliphatic carbocycles. The molecule has 0 aliphatic heterocycles. The molecule has 0 radical (unpaired) electrons. The van der Waals surface area contributed by atoms with E-state index >= 15 is 0 Å². The van der Waals surface area contributed by atoms with Crippen LogP contribution in [-0.4, -0.2) is 26.0 Å². The fourth-order valence-corrected chi connectivity index (χ4v) is 2.87. The summed E-state index contributed by atoms with van der Waals surface area (Å²) in [6.45, 7) is 2.51. The number of hydrogen-bond donors (Lipinski definition) is 2. The molecule has 1 aliphatic rings. The molecule has 5 nitrogen and oxygen atoms in total. The van der Waals surface area contributed by atoms with E-state index in [0.717, 1.165) is 18.9 Å². The normalized spacial score (nSPS) is 17.2. The molecule has 0 bridgehead atoms. The number of carboxylic acids is 1. The first-order valence-corrected chi connectivity index (χ1v) is 7.80. The largest absolute Gasteiger partial charge is 0.478 e. The second-order valence-corrected chi connectivity index (χ2v) is 7.14. The molecular formula is C14H17NO4S. The number of aliphatic carboxylic acids is 1. The quantitative estimate of drug-likeness (QED) is 0.785. The van der Waals surface area contributed by atoms with E-state index < -0.39 is 16.0 Å². The first-order chi connectivity index (χ1) is 9.31. The summed E-state index contributed by atoms with van der Waals surface area (Å²) < 4.78 is 26.7. The van der Waals surface area contributed by atoms with Crippen molar-refractivity contribution in [2.45, 2.75) is 24.7 Å². The van der Waals surface area contributed by atoms with Crippen LogP contribution in [0.2, 0.25) is 0 Å². The predicted octanol–water partition coefficient (Wildman–Crippen LogP) is 1.86. The lowest BCUT2D eigenvalue weighted by atomic mass is 10.2. The summed E-state index contributed by atoms with van der Waals surface area (Å²) in [4.78, 5) is 10.6. The zero-order valence-electron chi connectivity index (χ0n) is 11.2. The van der Waals surface area contributed by atoms with Crippen molar-refractivity contribution in [2.75, 3.05) is 6.54 Å². The lowest BCUT2D eigenvalue weighted by Gasteiger charge is -2.10. The van der Waals surface area contributed by atoms with Crippen molar-refractivity contribution in [3.63, 3.8) is 0 Å². The third-order valence-corrected chi connectivity index (χ3v) is 4.82. The third kappa shape index (κ3) is 3.91. The Bertz CT molecular complexity index is 628. The van der Waals surface area contributed by atoms with Gasteiger partial charge >= 0.3 is 5.97 Å². The zero-order valence-corrected chi connectivity index (χ0v) is 12.0. The molecule has 0 saturated heterocycles. The van der Waals surface area contributed by atoms with Crippen LogP contribution in [0.25, 0.3) is 6.08 Å². The van der Waals surface area contributed by atoms with Crippen molar-refractivity contribution in [1.29, 1.82) is 0 Å². The molecule has 2 rings (SSSR count). The van der Waals surface area contributed by atoms with E-state index in [9.17, 15) is 13.2 Å². The minimum atomic E-state index is -3.49. The standard InChI is InChI=1S/C14H17NO4S/c1-14(8-9-14)10-15-20(18,19)12-5-2-11(3-6-12)4-7-13(16)17/h2-7,15H,8-10H2,1H3,(H,16,17)/b7-4+. The van der Waals surface area contributed by atoms with E-state index in [0.29, 0.717) is 12.1 Å². The Hall–Kier alpha value is -1.66. The fourth-order valence-electron chi connectivity index (χ4n) is 1.67. The van der Waals surface area contributed by atoms with Gasteiger partial charge in [-0.15, -0.1) is 0 Å². The molecule has 0 spiro atoms. The predicted molar refractivity (Wildman–Crippen MR) is 75.6 cm³/mol.